The van der Waals surface area contributed by atoms with Crippen molar-refractivity contribution < 1.29 is 9.26 Å². The second-order valence-electron chi connectivity index (χ2n) is 5.35. The van der Waals surface area contributed by atoms with Gasteiger partial charge in [0.25, 0.3) is 0 Å². The maximum absolute atomic E-state index is 5.19. The third-order valence-corrected chi connectivity index (χ3v) is 3.35. The Morgan fingerprint density at radius 2 is 2.25 bits per heavy atom. The molecule has 1 N–H and O–H groups in total. The molecule has 5 nitrogen and oxygen atoms in total. The fourth-order valence-corrected chi connectivity index (χ4v) is 2.45. The molecule has 2 heterocycles. The van der Waals surface area contributed by atoms with Gasteiger partial charge in [-0.2, -0.15) is 0 Å². The Labute approximate surface area is 119 Å². The van der Waals surface area contributed by atoms with E-state index in [0.29, 0.717) is 25.1 Å². The van der Waals surface area contributed by atoms with Crippen LogP contribution in [0.5, 0.6) is 0 Å². The van der Waals surface area contributed by atoms with Crippen LogP contribution in [0, 0.1) is 5.92 Å². The van der Waals surface area contributed by atoms with E-state index in [2.05, 4.69) is 47.3 Å². The van der Waals surface area contributed by atoms with Gasteiger partial charge in [0.15, 0.2) is 5.76 Å². The Morgan fingerprint density at radius 3 is 2.90 bits per heavy atom. The molecule has 5 heteroatoms. The first-order valence-electron chi connectivity index (χ1n) is 6.90. The third kappa shape index (κ3) is 3.49. The molecule has 20 heavy (non-hydrogen) atoms. The van der Waals surface area contributed by atoms with Gasteiger partial charge in [0.2, 0.25) is 0 Å². The molecule has 2 rings (SSSR count). The lowest BCUT2D eigenvalue weighted by atomic mass is 9.99. The number of methoxy groups -OCH3 is 1. The normalized spacial score (nSPS) is 13.1. The minimum Gasteiger partial charge on any atom is -0.377 e. The van der Waals surface area contributed by atoms with Gasteiger partial charge in [-0.15, -0.1) is 0 Å². The summed E-state index contributed by atoms with van der Waals surface area (Å²) in [6, 6.07) is 4.45. The summed E-state index contributed by atoms with van der Waals surface area (Å²) in [5, 5.41) is 7.40. The summed E-state index contributed by atoms with van der Waals surface area (Å²) < 4.78 is 12.3. The van der Waals surface area contributed by atoms with Crippen molar-refractivity contribution in [2.24, 2.45) is 5.92 Å². The molecule has 1 unspecified atom stereocenters. The summed E-state index contributed by atoms with van der Waals surface area (Å²) in [5.41, 5.74) is 2.20. The number of hydrogen-bond donors (Lipinski definition) is 1. The van der Waals surface area contributed by atoms with Crippen molar-refractivity contribution in [2.75, 3.05) is 14.2 Å². The van der Waals surface area contributed by atoms with Crippen LogP contribution in [0.4, 0.5) is 0 Å². The molecule has 0 aliphatic carbocycles. The van der Waals surface area contributed by atoms with E-state index in [-0.39, 0.29) is 0 Å². The smallest absolute Gasteiger partial charge is 0.162 e. The lowest BCUT2D eigenvalue weighted by Gasteiger charge is -2.18. The molecule has 0 bridgehead atoms. The summed E-state index contributed by atoms with van der Waals surface area (Å²) in [7, 11) is 3.64. The first-order valence-corrected chi connectivity index (χ1v) is 6.90. The van der Waals surface area contributed by atoms with E-state index in [4.69, 9.17) is 9.26 Å². The number of aromatic nitrogens is 2. The molecule has 0 aromatic carbocycles. The van der Waals surface area contributed by atoms with Crippen molar-refractivity contribution in [3.05, 3.63) is 41.5 Å². The topological polar surface area (TPSA) is 52.2 Å². The predicted octanol–water partition coefficient (Wildman–Crippen LogP) is 2.59. The van der Waals surface area contributed by atoms with E-state index in [1.165, 1.54) is 5.56 Å². The molecule has 0 saturated carbocycles. The van der Waals surface area contributed by atoms with E-state index < -0.39 is 0 Å². The van der Waals surface area contributed by atoms with Crippen LogP contribution in [-0.4, -0.2) is 23.9 Å². The highest BCUT2D eigenvalue weighted by Gasteiger charge is 2.14. The summed E-state index contributed by atoms with van der Waals surface area (Å²) >= 11 is 0. The van der Waals surface area contributed by atoms with Crippen molar-refractivity contribution in [3.8, 4) is 0 Å². The van der Waals surface area contributed by atoms with E-state index in [0.717, 1.165) is 11.5 Å². The van der Waals surface area contributed by atoms with Gasteiger partial charge in [-0.3, -0.25) is 0 Å². The van der Waals surface area contributed by atoms with Gasteiger partial charge in [-0.25, -0.2) is 0 Å². The summed E-state index contributed by atoms with van der Waals surface area (Å²) in [6.07, 6.45) is 4.23. The molecule has 0 radical (unpaired) electrons. The Hall–Kier alpha value is -1.59. The first kappa shape index (κ1) is 14.8. The SMILES string of the molecule is CNC(c1ccn(Cc2cc(COC)on2)c1)C(C)C. The summed E-state index contributed by atoms with van der Waals surface area (Å²) in [6.45, 7) is 5.60. The predicted molar refractivity (Wildman–Crippen MR) is 77.4 cm³/mol. The van der Waals surface area contributed by atoms with Crippen LogP contribution in [0.3, 0.4) is 0 Å². The average Bonchev–Trinajstić information content (AvgIpc) is 3.01. The molecule has 0 amide bonds. The number of nitrogens with zero attached hydrogens (tertiary/aromatic N) is 2. The molecule has 0 spiro atoms. The molecule has 1 atom stereocenters. The lowest BCUT2D eigenvalue weighted by molar-refractivity contribution is 0.155. The van der Waals surface area contributed by atoms with Gasteiger partial charge in [0.05, 0.1) is 6.54 Å². The zero-order chi connectivity index (χ0) is 14.5. The van der Waals surface area contributed by atoms with Crippen LogP contribution >= 0.6 is 0 Å². The van der Waals surface area contributed by atoms with Gasteiger partial charge in [0.1, 0.15) is 12.3 Å². The highest BCUT2D eigenvalue weighted by atomic mass is 16.5. The van der Waals surface area contributed by atoms with E-state index >= 15 is 0 Å². The molecule has 2 aromatic heterocycles. The van der Waals surface area contributed by atoms with Crippen molar-refractivity contribution in [1.82, 2.24) is 15.0 Å². The monoisotopic (exact) mass is 277 g/mol. The fraction of sp³-hybridized carbons (Fsp3) is 0.533. The van der Waals surface area contributed by atoms with Crippen molar-refractivity contribution in [1.29, 1.82) is 0 Å². The number of nitrogens with one attached hydrogen (secondary N) is 1. The van der Waals surface area contributed by atoms with Gasteiger partial charge < -0.3 is 19.1 Å². The lowest BCUT2D eigenvalue weighted by Crippen LogP contribution is -2.21. The number of ether oxygens (including phenoxy) is 1. The average molecular weight is 277 g/mol. The maximum Gasteiger partial charge on any atom is 0.162 e. The minimum atomic E-state index is 0.373. The molecular formula is C15H23N3O2. The zero-order valence-corrected chi connectivity index (χ0v) is 12.6. The second-order valence-corrected chi connectivity index (χ2v) is 5.35. The Kier molecular flexibility index (Phi) is 4.98. The maximum atomic E-state index is 5.19. The van der Waals surface area contributed by atoms with Crippen LogP contribution in [0.15, 0.2) is 29.0 Å². The zero-order valence-electron chi connectivity index (χ0n) is 12.6. The number of rotatable bonds is 7. The quantitative estimate of drug-likeness (QED) is 0.845. The van der Waals surface area contributed by atoms with Gasteiger partial charge >= 0.3 is 0 Å². The molecular weight excluding hydrogens is 254 g/mol. The van der Waals surface area contributed by atoms with Gasteiger partial charge in [-0.1, -0.05) is 19.0 Å². The second kappa shape index (κ2) is 6.72. The molecule has 2 aromatic rings. The van der Waals surface area contributed by atoms with Crippen molar-refractivity contribution in [3.63, 3.8) is 0 Å². The molecule has 0 aliphatic rings. The third-order valence-electron chi connectivity index (χ3n) is 3.35. The number of hydrogen-bond acceptors (Lipinski definition) is 4. The first-order chi connectivity index (χ1) is 9.63. The van der Waals surface area contributed by atoms with Crippen LogP contribution < -0.4 is 5.32 Å². The molecule has 0 aliphatic heterocycles. The highest BCUT2D eigenvalue weighted by Crippen LogP contribution is 2.21. The van der Waals surface area contributed by atoms with Crippen molar-refractivity contribution >= 4 is 0 Å². The van der Waals surface area contributed by atoms with Gasteiger partial charge in [-0.05, 0) is 24.6 Å². The standard InChI is InChI=1S/C15H23N3O2/c1-11(2)15(16-3)12-5-6-18(8-12)9-13-7-14(10-19-4)20-17-13/h5-8,11,15-16H,9-10H2,1-4H3. The summed E-state index contributed by atoms with van der Waals surface area (Å²) in [5.74, 6) is 1.31. The van der Waals surface area contributed by atoms with Crippen LogP contribution in [0.1, 0.15) is 36.9 Å². The summed E-state index contributed by atoms with van der Waals surface area (Å²) in [4.78, 5) is 0. The van der Waals surface area contributed by atoms with Crippen LogP contribution in [0.2, 0.25) is 0 Å². The molecule has 110 valence electrons. The Morgan fingerprint density at radius 1 is 1.45 bits per heavy atom. The minimum absolute atomic E-state index is 0.373. The van der Waals surface area contributed by atoms with E-state index in [1.807, 2.05) is 13.1 Å². The fourth-order valence-electron chi connectivity index (χ4n) is 2.45. The van der Waals surface area contributed by atoms with Crippen molar-refractivity contribution in [2.45, 2.75) is 33.0 Å². The molecule has 0 saturated heterocycles. The Balaban J connectivity index is 2.04. The Bertz CT molecular complexity index is 531. The largest absolute Gasteiger partial charge is 0.377 e. The van der Waals surface area contributed by atoms with E-state index in [1.54, 1.807) is 7.11 Å². The highest BCUT2D eigenvalue weighted by molar-refractivity contribution is 5.17. The van der Waals surface area contributed by atoms with Crippen LogP contribution in [-0.2, 0) is 17.9 Å². The molecule has 0 fully saturated rings. The van der Waals surface area contributed by atoms with Gasteiger partial charge in [0, 0.05) is 31.6 Å². The van der Waals surface area contributed by atoms with Crippen LogP contribution in [0.25, 0.3) is 0 Å². The van der Waals surface area contributed by atoms with E-state index in [9.17, 15) is 0 Å².